The van der Waals surface area contributed by atoms with Crippen molar-refractivity contribution in [1.82, 2.24) is 4.57 Å². The predicted octanol–water partition coefficient (Wildman–Crippen LogP) is 14.6. The maximum Gasteiger partial charge on any atom is 0.143 e. The number of anilines is 3. The number of fused-ring (bicyclic) bond motifs is 8. The molecule has 0 spiro atoms. The topological polar surface area (TPSA) is 21.3 Å². The molecule has 0 atom stereocenters. The zero-order chi connectivity index (χ0) is 51.1. The van der Waals surface area contributed by atoms with Crippen LogP contribution in [0.15, 0.2) is 210 Å². The van der Waals surface area contributed by atoms with Crippen LogP contribution in [0.3, 0.4) is 0 Å². The lowest BCUT2D eigenvalue weighted by Crippen LogP contribution is -2.10. The van der Waals surface area contributed by atoms with Crippen LogP contribution in [0.1, 0.15) is 23.3 Å². The highest BCUT2D eigenvalue weighted by Crippen LogP contribution is 2.45. The smallest absolute Gasteiger partial charge is 0.143 e. The monoisotopic (exact) mass is 719 g/mol. The number of hydrogen-bond acceptors (Lipinski definition) is 2. The molecule has 0 aliphatic carbocycles. The Kier molecular flexibility index (Phi) is 4.28. The van der Waals surface area contributed by atoms with E-state index in [0.29, 0.717) is 11.3 Å². The Balaban J connectivity index is 1.30. The normalized spacial score (nSPS) is 16.0. The lowest BCUT2D eigenvalue weighted by molar-refractivity contribution is 0.672. The summed E-state index contributed by atoms with van der Waals surface area (Å²) in [6.45, 7) is 0. The third kappa shape index (κ3) is 5.05. The van der Waals surface area contributed by atoms with Crippen LogP contribution in [0.25, 0.3) is 82.5 Å². The summed E-state index contributed by atoms with van der Waals surface area (Å²) in [4.78, 5) is 0.795. The first-order valence-electron chi connectivity index (χ1n) is 25.9. The van der Waals surface area contributed by atoms with E-state index in [4.69, 9.17) is 14.0 Å². The van der Waals surface area contributed by atoms with Crippen LogP contribution in [0.2, 0.25) is 0 Å². The van der Waals surface area contributed by atoms with Crippen molar-refractivity contribution in [2.75, 3.05) is 4.90 Å². The molecule has 0 aliphatic rings. The number of benzene rings is 9. The van der Waals surface area contributed by atoms with Crippen molar-refractivity contribution in [3.05, 3.63) is 206 Å². The van der Waals surface area contributed by atoms with E-state index >= 15 is 0 Å². The minimum atomic E-state index is -0.877. The van der Waals surface area contributed by atoms with Gasteiger partial charge in [0.1, 0.15) is 11.2 Å². The molecule has 0 unspecified atom stereocenters. The lowest BCUT2D eigenvalue weighted by Gasteiger charge is -2.27. The Morgan fingerprint density at radius 1 is 0.455 bits per heavy atom. The van der Waals surface area contributed by atoms with E-state index in [1.165, 1.54) is 0 Å². The molecule has 11 rings (SSSR count). The van der Waals surface area contributed by atoms with Gasteiger partial charge in [-0.05, 0) is 82.6 Å². The molecule has 0 N–H and O–H groups in total. The first-order chi connectivity index (χ1) is 34.4. The van der Waals surface area contributed by atoms with E-state index in [0.717, 1.165) is 26.7 Å². The van der Waals surface area contributed by atoms with Crippen molar-refractivity contribution >= 4 is 71.6 Å². The maximum absolute atomic E-state index is 9.89. The second kappa shape index (κ2) is 12.6. The van der Waals surface area contributed by atoms with Gasteiger partial charge in [0, 0.05) is 38.5 Å². The van der Waals surface area contributed by atoms with Crippen LogP contribution in [0.5, 0.6) is 0 Å². The second-order valence-corrected chi connectivity index (χ2v) is 12.8. The van der Waals surface area contributed by atoms with Crippen LogP contribution in [-0.2, 0) is 0 Å². The van der Waals surface area contributed by atoms with E-state index in [1.54, 1.807) is 54.6 Å². The molecular weight excluding hydrogens is 669 g/mol. The maximum atomic E-state index is 9.89. The standard InChI is InChI=1S/C52H34N2O/c1-2-13-35(14-3-1)36-25-30-39(31-26-36)53(49-23-12-24-50-51(49)45-34-29-37-15-4-5-17-42(37)52(45)55-50)40-32-27-38(28-33-40)41-16-6-9-20-46(41)54-47-21-10-7-18-43(47)44-19-8-11-22-48(44)54/h1-34H/i4D,5D,12D,15D,17D,23D,24D,25D,26D,27D,28D,29D,30D,31D,32D,33D,34D. The van der Waals surface area contributed by atoms with Crippen LogP contribution < -0.4 is 4.90 Å². The van der Waals surface area contributed by atoms with E-state index in [-0.39, 0.29) is 22.1 Å². The molecule has 0 saturated carbocycles. The quantitative estimate of drug-likeness (QED) is 0.171. The van der Waals surface area contributed by atoms with Crippen molar-refractivity contribution in [3.8, 4) is 27.9 Å². The average molecular weight is 720 g/mol. The number of hydrogen-bond donors (Lipinski definition) is 0. The number of nitrogens with zero attached hydrogens (tertiary/aromatic N) is 2. The van der Waals surface area contributed by atoms with E-state index in [1.807, 2.05) is 53.1 Å². The van der Waals surface area contributed by atoms with E-state index in [2.05, 4.69) is 0 Å². The zero-order valence-corrected chi connectivity index (χ0v) is 28.6. The molecule has 9 aromatic carbocycles. The van der Waals surface area contributed by atoms with Crippen molar-refractivity contribution in [2.45, 2.75) is 0 Å². The van der Waals surface area contributed by atoms with Crippen LogP contribution in [0, 0.1) is 0 Å². The fourth-order valence-corrected chi connectivity index (χ4v) is 7.24. The molecule has 55 heavy (non-hydrogen) atoms. The molecule has 0 amide bonds. The van der Waals surface area contributed by atoms with Crippen LogP contribution in [-0.4, -0.2) is 4.57 Å². The molecule has 2 aromatic heterocycles. The summed E-state index contributed by atoms with van der Waals surface area (Å²) in [5, 5.41) is 0.237. The number of furan rings is 1. The Bertz CT molecular complexity index is 4100. The van der Waals surface area contributed by atoms with E-state index < -0.39 is 147 Å². The Labute approximate surface area is 342 Å². The van der Waals surface area contributed by atoms with Gasteiger partial charge in [0.25, 0.3) is 0 Å². The molecular formula is C52H34N2O. The summed E-state index contributed by atoms with van der Waals surface area (Å²) < 4.78 is 166. The summed E-state index contributed by atoms with van der Waals surface area (Å²) >= 11 is 0. The molecule has 0 radical (unpaired) electrons. The van der Waals surface area contributed by atoms with Crippen LogP contribution in [0.4, 0.5) is 17.1 Å². The number of rotatable bonds is 6. The molecule has 3 nitrogen and oxygen atoms in total. The summed E-state index contributed by atoms with van der Waals surface area (Å²) in [7, 11) is 0. The van der Waals surface area contributed by atoms with Gasteiger partial charge in [0.05, 0.1) is 51.1 Å². The third-order valence-corrected chi connectivity index (χ3v) is 9.68. The Morgan fingerprint density at radius 3 is 1.84 bits per heavy atom. The van der Waals surface area contributed by atoms with Gasteiger partial charge in [-0.15, -0.1) is 0 Å². The summed E-state index contributed by atoms with van der Waals surface area (Å²) in [6, 6.07) is 18.2. The lowest BCUT2D eigenvalue weighted by atomic mass is 10.0. The molecule has 258 valence electrons. The largest absolute Gasteiger partial charge is 0.455 e. The van der Waals surface area contributed by atoms with Crippen molar-refractivity contribution in [1.29, 1.82) is 0 Å². The summed E-state index contributed by atoms with van der Waals surface area (Å²) in [6.07, 6.45) is 0. The van der Waals surface area contributed by atoms with Gasteiger partial charge in [0.2, 0.25) is 0 Å². The van der Waals surface area contributed by atoms with Gasteiger partial charge in [-0.25, -0.2) is 0 Å². The third-order valence-electron chi connectivity index (χ3n) is 9.68. The minimum absolute atomic E-state index is 0.133. The zero-order valence-electron chi connectivity index (χ0n) is 45.6. The summed E-state index contributed by atoms with van der Waals surface area (Å²) in [5.41, 5.74) is -0.675. The number of aromatic nitrogens is 1. The minimum Gasteiger partial charge on any atom is -0.455 e. The fourth-order valence-electron chi connectivity index (χ4n) is 7.24. The highest BCUT2D eigenvalue weighted by molar-refractivity contribution is 6.19. The Hall–Kier alpha value is -7.36. The van der Waals surface area contributed by atoms with Crippen molar-refractivity contribution in [3.63, 3.8) is 0 Å². The summed E-state index contributed by atoms with van der Waals surface area (Å²) in [5.74, 6) is 0. The molecule has 0 aliphatic heterocycles. The molecule has 2 heterocycles. The van der Waals surface area contributed by atoms with E-state index in [9.17, 15) is 13.7 Å². The van der Waals surface area contributed by atoms with Gasteiger partial charge in [0.15, 0.2) is 0 Å². The predicted molar refractivity (Wildman–Crippen MR) is 231 cm³/mol. The van der Waals surface area contributed by atoms with Gasteiger partial charge in [-0.1, -0.05) is 145 Å². The highest BCUT2D eigenvalue weighted by Gasteiger charge is 2.21. The molecule has 0 bridgehead atoms. The first-order valence-corrected chi connectivity index (χ1v) is 17.4. The van der Waals surface area contributed by atoms with Gasteiger partial charge in [-0.3, -0.25) is 0 Å². The SMILES string of the molecule is [2H]c1c([2H])c(N(c2c([2H])c([2H])c(-c3ccccc3-n3c4ccccc4c4ccccc43)c([2H])c2[2H])c2c([2H])c([2H])c([2H])c3oc4c5c([2H])c([2H])c([2H])c([2H])c5c([2H])c([2H])c4c23)c([2H])c([2H])c1-c1ccccc1. The molecule has 0 saturated heterocycles. The fraction of sp³-hybridized carbons (Fsp3) is 0. The average Bonchev–Trinajstić information content (AvgIpc) is 3.94. The van der Waals surface area contributed by atoms with Gasteiger partial charge in [-0.2, -0.15) is 0 Å². The molecule has 11 aromatic rings. The van der Waals surface area contributed by atoms with Gasteiger partial charge >= 0.3 is 0 Å². The number of para-hydroxylation sites is 3. The highest BCUT2D eigenvalue weighted by atomic mass is 16.3. The second-order valence-electron chi connectivity index (χ2n) is 12.8. The molecule has 3 heteroatoms. The molecule has 0 fully saturated rings. The van der Waals surface area contributed by atoms with Crippen molar-refractivity contribution in [2.24, 2.45) is 0 Å². The first kappa shape index (κ1) is 18.6. The van der Waals surface area contributed by atoms with Crippen molar-refractivity contribution < 1.29 is 27.7 Å². The Morgan fingerprint density at radius 2 is 1.09 bits per heavy atom. The van der Waals surface area contributed by atoms with Gasteiger partial charge < -0.3 is 13.9 Å². The van der Waals surface area contributed by atoms with Crippen LogP contribution >= 0.6 is 0 Å².